The summed E-state index contributed by atoms with van der Waals surface area (Å²) in [5.74, 6) is 0.00463. The topological polar surface area (TPSA) is 69.6 Å². The summed E-state index contributed by atoms with van der Waals surface area (Å²) in [6.07, 6.45) is 3.07. The quantitative estimate of drug-likeness (QED) is 0.323. The summed E-state index contributed by atoms with van der Waals surface area (Å²) in [6.45, 7) is 0. The van der Waals surface area contributed by atoms with Gasteiger partial charge in [0.2, 0.25) is 5.91 Å². The SMILES string of the molecule is O=C1C=CN1.O[B]O. The molecule has 43 valence electrons. The van der Waals surface area contributed by atoms with Gasteiger partial charge in [-0.1, -0.05) is 0 Å². The molecule has 0 aromatic heterocycles. The minimum Gasteiger partial charge on any atom is -0.429 e. The fourth-order valence-electron chi connectivity index (χ4n) is 0.151. The van der Waals surface area contributed by atoms with Gasteiger partial charge in [0.05, 0.1) is 0 Å². The summed E-state index contributed by atoms with van der Waals surface area (Å²) in [5, 5.41) is 16.4. The molecule has 1 aliphatic heterocycles. The molecule has 1 heterocycles. The van der Waals surface area contributed by atoms with Crippen molar-refractivity contribution in [2.45, 2.75) is 0 Å². The third-order valence-electron chi connectivity index (χ3n) is 0.460. The van der Waals surface area contributed by atoms with Crippen LogP contribution < -0.4 is 5.32 Å². The van der Waals surface area contributed by atoms with Crippen LogP contribution in [-0.2, 0) is 4.79 Å². The summed E-state index contributed by atoms with van der Waals surface area (Å²) >= 11 is 0. The van der Waals surface area contributed by atoms with Gasteiger partial charge >= 0.3 is 7.69 Å². The number of hydrogen-bond donors (Lipinski definition) is 3. The van der Waals surface area contributed by atoms with Crippen molar-refractivity contribution in [1.82, 2.24) is 5.32 Å². The van der Waals surface area contributed by atoms with Crippen LogP contribution in [0.2, 0.25) is 0 Å². The van der Waals surface area contributed by atoms with Gasteiger partial charge in [-0.25, -0.2) is 0 Å². The van der Waals surface area contributed by atoms with Gasteiger partial charge in [0.25, 0.3) is 0 Å². The largest absolute Gasteiger partial charge is 0.482 e. The average Bonchev–Trinajstić information content (AvgIpc) is 1.64. The Morgan fingerprint density at radius 2 is 1.88 bits per heavy atom. The Morgan fingerprint density at radius 3 is 1.88 bits per heavy atom. The molecule has 5 heteroatoms. The Hall–Kier alpha value is -0.805. The number of carbonyl (C=O) groups is 1. The van der Waals surface area contributed by atoms with Crippen molar-refractivity contribution in [3.05, 3.63) is 12.3 Å². The number of amides is 1. The van der Waals surface area contributed by atoms with E-state index in [0.717, 1.165) is 0 Å². The molecule has 8 heavy (non-hydrogen) atoms. The summed E-state index contributed by atoms with van der Waals surface area (Å²) in [7, 11) is 0. The van der Waals surface area contributed by atoms with E-state index in [9.17, 15) is 4.79 Å². The van der Waals surface area contributed by atoms with Crippen molar-refractivity contribution in [3.63, 3.8) is 0 Å². The normalized spacial score (nSPS) is 12.5. The van der Waals surface area contributed by atoms with E-state index in [4.69, 9.17) is 10.0 Å². The molecule has 4 nitrogen and oxygen atoms in total. The molecule has 0 fully saturated rings. The van der Waals surface area contributed by atoms with Crippen LogP contribution in [0.25, 0.3) is 0 Å². The lowest BCUT2D eigenvalue weighted by Crippen LogP contribution is -2.22. The Morgan fingerprint density at radius 1 is 1.62 bits per heavy atom. The third-order valence-corrected chi connectivity index (χ3v) is 0.460. The zero-order valence-electron chi connectivity index (χ0n) is 4.03. The average molecular weight is 114 g/mol. The molecule has 0 aromatic rings. The fourth-order valence-corrected chi connectivity index (χ4v) is 0.151. The monoisotopic (exact) mass is 114 g/mol. The first-order valence-corrected chi connectivity index (χ1v) is 1.88. The zero-order chi connectivity index (χ0) is 6.41. The Bertz CT molecular complexity index is 103. The van der Waals surface area contributed by atoms with E-state index in [2.05, 4.69) is 5.32 Å². The van der Waals surface area contributed by atoms with E-state index in [1.165, 1.54) is 6.08 Å². The number of rotatable bonds is 0. The molecule has 0 atom stereocenters. The zero-order valence-corrected chi connectivity index (χ0v) is 4.03. The van der Waals surface area contributed by atoms with Crippen molar-refractivity contribution < 1.29 is 14.8 Å². The van der Waals surface area contributed by atoms with Crippen LogP contribution in [0.1, 0.15) is 0 Å². The van der Waals surface area contributed by atoms with Gasteiger partial charge in [0.1, 0.15) is 0 Å². The maximum Gasteiger partial charge on any atom is 0.482 e. The Kier molecular flexibility index (Phi) is 3.92. The van der Waals surface area contributed by atoms with E-state index in [1.807, 2.05) is 0 Å². The van der Waals surface area contributed by atoms with E-state index < -0.39 is 0 Å². The molecule has 0 aromatic carbocycles. The Balaban J connectivity index is 0.000000145. The van der Waals surface area contributed by atoms with Crippen molar-refractivity contribution in [3.8, 4) is 0 Å². The van der Waals surface area contributed by atoms with Crippen molar-refractivity contribution in [1.29, 1.82) is 0 Å². The molecule has 0 bridgehead atoms. The minimum atomic E-state index is 0. The number of hydrogen-bond acceptors (Lipinski definition) is 3. The highest BCUT2D eigenvalue weighted by molar-refractivity contribution is 6.13. The highest BCUT2D eigenvalue weighted by Crippen LogP contribution is 1.78. The molecular formula is C3H5BNO3. The van der Waals surface area contributed by atoms with Gasteiger partial charge in [-0.05, 0) is 0 Å². The van der Waals surface area contributed by atoms with Gasteiger partial charge in [0, 0.05) is 12.3 Å². The summed E-state index contributed by atoms with van der Waals surface area (Å²) in [5.41, 5.74) is 0. The van der Waals surface area contributed by atoms with E-state index in [-0.39, 0.29) is 13.6 Å². The number of nitrogens with one attached hydrogen (secondary N) is 1. The molecule has 1 rings (SSSR count). The third kappa shape index (κ3) is 3.39. The predicted molar refractivity (Wildman–Crippen MR) is 27.5 cm³/mol. The summed E-state index contributed by atoms with van der Waals surface area (Å²) < 4.78 is 0. The minimum absolute atomic E-state index is 0. The van der Waals surface area contributed by atoms with Gasteiger partial charge < -0.3 is 15.4 Å². The molecule has 0 unspecified atom stereocenters. The lowest BCUT2D eigenvalue weighted by molar-refractivity contribution is -0.117. The molecule has 1 amide bonds. The van der Waals surface area contributed by atoms with Gasteiger partial charge in [0.15, 0.2) is 0 Å². The van der Waals surface area contributed by atoms with Crippen molar-refractivity contribution in [2.24, 2.45) is 0 Å². The first kappa shape index (κ1) is 7.19. The summed E-state index contributed by atoms with van der Waals surface area (Å²) in [4.78, 5) is 9.70. The summed E-state index contributed by atoms with van der Waals surface area (Å²) in [6, 6.07) is 0. The van der Waals surface area contributed by atoms with Crippen LogP contribution in [-0.4, -0.2) is 23.6 Å². The second kappa shape index (κ2) is 4.36. The molecule has 0 saturated heterocycles. The fraction of sp³-hybridized carbons (Fsp3) is 0. The molecule has 1 radical (unpaired) electrons. The molecule has 3 N–H and O–H groups in total. The van der Waals surface area contributed by atoms with Crippen LogP contribution >= 0.6 is 0 Å². The lowest BCUT2D eigenvalue weighted by atomic mass is 10.4. The molecular weight excluding hydrogens is 109 g/mol. The van der Waals surface area contributed by atoms with Crippen LogP contribution in [0.5, 0.6) is 0 Å². The standard InChI is InChI=1S/C3H3NO.BH2O2/c5-3-1-2-4-3;2-1-3/h1-2H,(H,4,5);2-3H. The predicted octanol–water partition coefficient (Wildman–Crippen LogP) is -1.86. The second-order valence-corrected chi connectivity index (χ2v) is 0.957. The first-order chi connectivity index (χ1) is 3.81. The van der Waals surface area contributed by atoms with Crippen LogP contribution in [0, 0.1) is 0 Å². The highest BCUT2D eigenvalue weighted by atomic mass is 16.4. The smallest absolute Gasteiger partial charge is 0.429 e. The lowest BCUT2D eigenvalue weighted by Gasteiger charge is -1.97. The van der Waals surface area contributed by atoms with Crippen molar-refractivity contribution >= 4 is 13.6 Å². The van der Waals surface area contributed by atoms with Gasteiger partial charge in [-0.15, -0.1) is 0 Å². The van der Waals surface area contributed by atoms with Crippen LogP contribution in [0.15, 0.2) is 12.3 Å². The van der Waals surface area contributed by atoms with Gasteiger partial charge in [-0.3, -0.25) is 4.79 Å². The van der Waals surface area contributed by atoms with Crippen LogP contribution in [0.3, 0.4) is 0 Å². The molecule has 0 saturated carbocycles. The van der Waals surface area contributed by atoms with E-state index in [1.54, 1.807) is 6.20 Å². The van der Waals surface area contributed by atoms with E-state index >= 15 is 0 Å². The van der Waals surface area contributed by atoms with Gasteiger partial charge in [-0.2, -0.15) is 0 Å². The first-order valence-electron chi connectivity index (χ1n) is 1.88. The van der Waals surface area contributed by atoms with Crippen molar-refractivity contribution in [2.75, 3.05) is 0 Å². The Labute approximate surface area is 47.1 Å². The van der Waals surface area contributed by atoms with Crippen LogP contribution in [0.4, 0.5) is 0 Å². The second-order valence-electron chi connectivity index (χ2n) is 0.957. The molecule has 1 aliphatic rings. The molecule has 0 aliphatic carbocycles. The van der Waals surface area contributed by atoms with E-state index in [0.29, 0.717) is 0 Å². The maximum atomic E-state index is 9.70. The maximum absolute atomic E-state index is 9.70. The highest BCUT2D eigenvalue weighted by Gasteiger charge is 1.95. The number of carbonyl (C=O) groups excluding carboxylic acids is 1. The molecule has 0 spiro atoms.